The van der Waals surface area contributed by atoms with Gasteiger partial charge in [0.15, 0.2) is 0 Å². The highest BCUT2D eigenvalue weighted by Crippen LogP contribution is 2.29. The summed E-state index contributed by atoms with van der Waals surface area (Å²) in [6.45, 7) is 0.573. The van der Waals surface area contributed by atoms with E-state index in [2.05, 4.69) is 10.6 Å². The molecule has 0 spiro atoms. The van der Waals surface area contributed by atoms with Crippen LogP contribution in [0.4, 0.5) is 11.4 Å². The third-order valence-corrected chi connectivity index (χ3v) is 5.45. The molecular formula is C25H22ClN3O3. The van der Waals surface area contributed by atoms with Gasteiger partial charge in [-0.1, -0.05) is 41.9 Å². The first-order valence-corrected chi connectivity index (χ1v) is 10.4. The lowest BCUT2D eigenvalue weighted by Gasteiger charge is -2.13. The van der Waals surface area contributed by atoms with Gasteiger partial charge in [0.1, 0.15) is 5.69 Å². The maximum absolute atomic E-state index is 12.5. The number of rotatable bonds is 6. The topological polar surface area (TPSA) is 72.4 Å². The Kier molecular flexibility index (Phi) is 6.14. The number of aromatic nitrogens is 1. The average Bonchev–Trinajstić information content (AvgIpc) is 3.17. The highest BCUT2D eigenvalue weighted by Gasteiger charge is 2.17. The van der Waals surface area contributed by atoms with Crippen LogP contribution in [0.15, 0.2) is 72.8 Å². The second kappa shape index (κ2) is 9.16. The van der Waals surface area contributed by atoms with Gasteiger partial charge < -0.3 is 19.9 Å². The lowest BCUT2D eigenvalue weighted by atomic mass is 10.1. The number of amides is 1. The van der Waals surface area contributed by atoms with Crippen molar-refractivity contribution in [2.45, 2.75) is 6.54 Å². The van der Waals surface area contributed by atoms with Crippen LogP contribution in [0.5, 0.6) is 0 Å². The summed E-state index contributed by atoms with van der Waals surface area (Å²) in [7, 11) is 2.95. The van der Waals surface area contributed by atoms with Gasteiger partial charge in [-0.2, -0.15) is 0 Å². The van der Waals surface area contributed by atoms with Gasteiger partial charge in [-0.15, -0.1) is 0 Å². The Morgan fingerprint density at radius 1 is 1.00 bits per heavy atom. The molecule has 0 aliphatic rings. The third kappa shape index (κ3) is 4.31. The molecule has 162 valence electrons. The predicted molar refractivity (Wildman–Crippen MR) is 127 cm³/mol. The fourth-order valence-electron chi connectivity index (χ4n) is 3.66. The second-order valence-corrected chi connectivity index (χ2v) is 7.70. The van der Waals surface area contributed by atoms with Crippen molar-refractivity contribution in [3.05, 3.63) is 94.6 Å². The van der Waals surface area contributed by atoms with E-state index in [1.807, 2.05) is 59.2 Å². The van der Waals surface area contributed by atoms with Crippen LogP contribution in [0.25, 0.3) is 10.9 Å². The van der Waals surface area contributed by atoms with E-state index in [1.165, 1.54) is 7.11 Å². The molecule has 4 aromatic rings. The summed E-state index contributed by atoms with van der Waals surface area (Å²) in [5, 5.41) is 7.32. The van der Waals surface area contributed by atoms with Gasteiger partial charge in [-0.05, 0) is 48.0 Å². The van der Waals surface area contributed by atoms with Gasteiger partial charge in [0.2, 0.25) is 0 Å². The van der Waals surface area contributed by atoms with Crippen molar-refractivity contribution >= 4 is 45.8 Å². The number of carbonyl (C=O) groups is 2. The minimum Gasteiger partial charge on any atom is -0.465 e. The molecule has 1 amide bonds. The first kappa shape index (κ1) is 21.5. The largest absolute Gasteiger partial charge is 0.465 e. The van der Waals surface area contributed by atoms with E-state index in [4.69, 9.17) is 16.3 Å². The van der Waals surface area contributed by atoms with E-state index in [0.717, 1.165) is 22.2 Å². The molecule has 32 heavy (non-hydrogen) atoms. The number of anilines is 2. The van der Waals surface area contributed by atoms with E-state index < -0.39 is 5.97 Å². The summed E-state index contributed by atoms with van der Waals surface area (Å²) in [6, 6.07) is 22.7. The van der Waals surface area contributed by atoms with Crippen molar-refractivity contribution in [2.24, 2.45) is 0 Å². The quantitative estimate of drug-likeness (QED) is 0.397. The number of benzene rings is 3. The maximum Gasteiger partial charge on any atom is 0.340 e. The van der Waals surface area contributed by atoms with E-state index in [-0.39, 0.29) is 5.91 Å². The molecule has 0 aliphatic carbocycles. The fourth-order valence-corrected chi connectivity index (χ4v) is 3.83. The number of carbonyl (C=O) groups excluding carboxylic acids is 2. The second-order valence-electron chi connectivity index (χ2n) is 7.26. The number of nitrogens with zero attached hydrogens (tertiary/aromatic N) is 1. The van der Waals surface area contributed by atoms with Gasteiger partial charge in [-0.25, -0.2) is 4.79 Å². The summed E-state index contributed by atoms with van der Waals surface area (Å²) in [5.74, 6) is -0.635. The fraction of sp³-hybridized carbons (Fsp3) is 0.120. The zero-order chi connectivity index (χ0) is 22.7. The van der Waals surface area contributed by atoms with Gasteiger partial charge in [0.05, 0.1) is 18.4 Å². The summed E-state index contributed by atoms with van der Waals surface area (Å²) >= 11 is 6.05. The standard InChI is InChI=1S/C25H22ClN3O3/c1-27-24(30)23-13-17-12-19(28-21-10-8-18(26)14-20(21)25(31)32-2)9-11-22(17)29(23)15-16-6-4-3-5-7-16/h3-14,28H,15H2,1-2H3,(H,27,30). The Hall–Kier alpha value is -3.77. The van der Waals surface area contributed by atoms with Gasteiger partial charge in [0.25, 0.3) is 5.91 Å². The minimum absolute atomic E-state index is 0.155. The molecule has 0 saturated carbocycles. The molecule has 0 fully saturated rings. The summed E-state index contributed by atoms with van der Waals surface area (Å²) < 4.78 is 6.86. The summed E-state index contributed by atoms with van der Waals surface area (Å²) in [4.78, 5) is 24.7. The smallest absolute Gasteiger partial charge is 0.340 e. The van der Waals surface area contributed by atoms with Gasteiger partial charge >= 0.3 is 5.97 Å². The van der Waals surface area contributed by atoms with Crippen molar-refractivity contribution in [1.29, 1.82) is 0 Å². The lowest BCUT2D eigenvalue weighted by molar-refractivity contribution is 0.0601. The molecule has 0 bridgehead atoms. The molecule has 0 atom stereocenters. The van der Waals surface area contributed by atoms with Crippen molar-refractivity contribution in [3.63, 3.8) is 0 Å². The van der Waals surface area contributed by atoms with Crippen molar-refractivity contribution in [2.75, 3.05) is 19.5 Å². The number of halogens is 1. The Balaban J connectivity index is 1.74. The normalized spacial score (nSPS) is 10.7. The SMILES string of the molecule is CNC(=O)c1cc2cc(Nc3ccc(Cl)cc3C(=O)OC)ccc2n1Cc1ccccc1. The number of esters is 1. The van der Waals surface area contributed by atoms with E-state index in [0.29, 0.717) is 28.5 Å². The molecule has 0 aliphatic heterocycles. The molecule has 7 heteroatoms. The third-order valence-electron chi connectivity index (χ3n) is 5.21. The molecular weight excluding hydrogens is 426 g/mol. The number of ether oxygens (including phenoxy) is 1. The molecule has 0 saturated heterocycles. The molecule has 4 rings (SSSR count). The maximum atomic E-state index is 12.5. The summed E-state index contributed by atoms with van der Waals surface area (Å²) in [5.41, 5.74) is 4.29. The van der Waals surface area contributed by atoms with Gasteiger partial charge in [0, 0.05) is 35.2 Å². The monoisotopic (exact) mass is 447 g/mol. The van der Waals surface area contributed by atoms with E-state index in [1.54, 1.807) is 25.2 Å². The zero-order valence-corrected chi connectivity index (χ0v) is 18.4. The minimum atomic E-state index is -0.480. The number of hydrogen-bond donors (Lipinski definition) is 2. The van der Waals surface area contributed by atoms with Crippen LogP contribution in [0.1, 0.15) is 26.4 Å². The zero-order valence-electron chi connectivity index (χ0n) is 17.7. The molecule has 1 heterocycles. The first-order chi connectivity index (χ1) is 15.5. The van der Waals surface area contributed by atoms with Crippen molar-refractivity contribution in [1.82, 2.24) is 9.88 Å². The van der Waals surface area contributed by atoms with Crippen molar-refractivity contribution < 1.29 is 14.3 Å². The van der Waals surface area contributed by atoms with Crippen LogP contribution < -0.4 is 10.6 Å². The Bertz CT molecular complexity index is 1300. The summed E-state index contributed by atoms with van der Waals surface area (Å²) in [6.07, 6.45) is 0. The molecule has 1 aromatic heterocycles. The number of hydrogen-bond acceptors (Lipinski definition) is 4. The average molecular weight is 448 g/mol. The number of methoxy groups -OCH3 is 1. The number of fused-ring (bicyclic) bond motifs is 1. The van der Waals surface area contributed by atoms with Crippen LogP contribution in [0.2, 0.25) is 5.02 Å². The molecule has 6 nitrogen and oxygen atoms in total. The number of nitrogens with one attached hydrogen (secondary N) is 2. The molecule has 0 radical (unpaired) electrons. The molecule has 3 aromatic carbocycles. The Labute approximate surface area is 190 Å². The Morgan fingerprint density at radius 2 is 1.78 bits per heavy atom. The van der Waals surface area contributed by atoms with Crippen LogP contribution in [-0.2, 0) is 11.3 Å². The van der Waals surface area contributed by atoms with Gasteiger partial charge in [-0.3, -0.25) is 4.79 Å². The van der Waals surface area contributed by atoms with E-state index >= 15 is 0 Å². The van der Waals surface area contributed by atoms with Crippen molar-refractivity contribution in [3.8, 4) is 0 Å². The lowest BCUT2D eigenvalue weighted by Crippen LogP contribution is -2.21. The van der Waals surface area contributed by atoms with E-state index in [9.17, 15) is 9.59 Å². The predicted octanol–water partition coefficient (Wildman–Crippen LogP) is 5.23. The highest BCUT2D eigenvalue weighted by molar-refractivity contribution is 6.31. The molecule has 2 N–H and O–H groups in total. The van der Waals surface area contributed by atoms with Crippen LogP contribution in [-0.4, -0.2) is 30.6 Å². The van der Waals surface area contributed by atoms with Crippen LogP contribution >= 0.6 is 11.6 Å². The first-order valence-electron chi connectivity index (χ1n) is 10.0. The van der Waals surface area contributed by atoms with Crippen LogP contribution in [0.3, 0.4) is 0 Å². The highest BCUT2D eigenvalue weighted by atomic mass is 35.5. The molecule has 0 unspecified atom stereocenters. The Morgan fingerprint density at radius 3 is 2.50 bits per heavy atom. The van der Waals surface area contributed by atoms with Crippen LogP contribution in [0, 0.1) is 0 Å².